The Morgan fingerprint density at radius 3 is 1.80 bits per heavy atom. The molecule has 2 aromatic carbocycles. The first-order chi connectivity index (χ1) is 9.56. The topological polar surface area (TPSA) is 80.4 Å². The minimum atomic E-state index is -0.962. The zero-order chi connectivity index (χ0) is 14.5. The number of benzene rings is 2. The second kappa shape index (κ2) is 5.79. The van der Waals surface area contributed by atoms with Crippen LogP contribution in [0.5, 0.6) is 0 Å². The summed E-state index contributed by atoms with van der Waals surface area (Å²) < 4.78 is 0. The largest absolute Gasteiger partial charge is 0.478 e. The van der Waals surface area contributed by atoms with Gasteiger partial charge in [0.25, 0.3) is 5.69 Å². The molecule has 0 fully saturated rings. The predicted octanol–water partition coefficient (Wildman–Crippen LogP) is 3.46. The number of carbonyl (C=O) groups is 1. The van der Waals surface area contributed by atoms with E-state index in [4.69, 9.17) is 5.11 Å². The monoisotopic (exact) mass is 269 g/mol. The fourth-order valence-electron chi connectivity index (χ4n) is 1.64. The van der Waals surface area contributed by atoms with Crippen molar-refractivity contribution in [3.63, 3.8) is 0 Å². The number of hydrogen-bond acceptors (Lipinski definition) is 3. The number of carboxylic acid groups (broad SMARTS) is 1. The molecule has 0 radical (unpaired) electrons. The molecule has 0 aliphatic rings. The lowest BCUT2D eigenvalue weighted by molar-refractivity contribution is -0.384. The van der Waals surface area contributed by atoms with Crippen molar-refractivity contribution in [2.24, 2.45) is 0 Å². The highest BCUT2D eigenvalue weighted by Gasteiger charge is 2.02. The quantitative estimate of drug-likeness (QED) is 0.523. The maximum Gasteiger partial charge on any atom is 0.335 e. The first-order valence-electron chi connectivity index (χ1n) is 5.82. The first-order valence-corrected chi connectivity index (χ1v) is 5.82. The van der Waals surface area contributed by atoms with Crippen molar-refractivity contribution in [1.29, 1.82) is 0 Å². The molecule has 20 heavy (non-hydrogen) atoms. The molecule has 0 aliphatic heterocycles. The minimum Gasteiger partial charge on any atom is -0.478 e. The lowest BCUT2D eigenvalue weighted by Gasteiger charge is -1.97. The van der Waals surface area contributed by atoms with Crippen LogP contribution in [0.15, 0.2) is 48.5 Å². The standard InChI is InChI=1S/C15H11NO4/c17-15(18)13-7-3-11(4-8-13)1-2-12-5-9-14(10-6-12)16(19)20/h1-10H,(H,17,18)/b2-1+. The number of nitro groups is 1. The molecule has 100 valence electrons. The van der Waals surface area contributed by atoms with E-state index in [-0.39, 0.29) is 11.3 Å². The predicted molar refractivity (Wildman–Crippen MR) is 75.4 cm³/mol. The van der Waals surface area contributed by atoms with Crippen molar-refractivity contribution in [1.82, 2.24) is 0 Å². The van der Waals surface area contributed by atoms with E-state index in [9.17, 15) is 14.9 Å². The molecule has 2 rings (SSSR count). The van der Waals surface area contributed by atoms with Gasteiger partial charge in [0.2, 0.25) is 0 Å². The molecule has 0 bridgehead atoms. The number of carboxylic acids is 1. The molecule has 0 atom stereocenters. The third-order valence-electron chi connectivity index (χ3n) is 2.73. The van der Waals surface area contributed by atoms with Gasteiger partial charge in [0, 0.05) is 12.1 Å². The van der Waals surface area contributed by atoms with Crippen LogP contribution in [0.1, 0.15) is 21.5 Å². The number of hydrogen-bond donors (Lipinski definition) is 1. The zero-order valence-electron chi connectivity index (χ0n) is 10.4. The van der Waals surface area contributed by atoms with Crippen molar-refractivity contribution in [3.05, 3.63) is 75.3 Å². The van der Waals surface area contributed by atoms with Crippen molar-refractivity contribution in [2.75, 3.05) is 0 Å². The van der Waals surface area contributed by atoms with Crippen LogP contribution in [-0.4, -0.2) is 16.0 Å². The highest BCUT2D eigenvalue weighted by molar-refractivity contribution is 5.88. The second-order valence-electron chi connectivity index (χ2n) is 4.11. The number of rotatable bonds is 4. The molecule has 5 nitrogen and oxygen atoms in total. The van der Waals surface area contributed by atoms with Crippen molar-refractivity contribution in [2.45, 2.75) is 0 Å². The van der Waals surface area contributed by atoms with Crippen LogP contribution in [-0.2, 0) is 0 Å². The van der Waals surface area contributed by atoms with Gasteiger partial charge in [-0.2, -0.15) is 0 Å². The van der Waals surface area contributed by atoms with Crippen LogP contribution in [0, 0.1) is 10.1 Å². The third-order valence-corrected chi connectivity index (χ3v) is 2.73. The van der Waals surface area contributed by atoms with Crippen LogP contribution in [0.2, 0.25) is 0 Å². The lowest BCUT2D eigenvalue weighted by Crippen LogP contribution is -1.94. The van der Waals surface area contributed by atoms with E-state index < -0.39 is 10.9 Å². The fraction of sp³-hybridized carbons (Fsp3) is 0. The van der Waals surface area contributed by atoms with Gasteiger partial charge in [0.05, 0.1) is 10.5 Å². The molecule has 0 saturated carbocycles. The summed E-state index contributed by atoms with van der Waals surface area (Å²) in [6.07, 6.45) is 3.62. The van der Waals surface area contributed by atoms with Gasteiger partial charge >= 0.3 is 5.97 Å². The van der Waals surface area contributed by atoms with E-state index in [0.29, 0.717) is 0 Å². The molecule has 5 heteroatoms. The van der Waals surface area contributed by atoms with Gasteiger partial charge in [0.1, 0.15) is 0 Å². The van der Waals surface area contributed by atoms with Gasteiger partial charge < -0.3 is 5.11 Å². The Balaban J connectivity index is 2.12. The molecule has 0 heterocycles. The number of aromatic carboxylic acids is 1. The van der Waals surface area contributed by atoms with E-state index in [1.807, 2.05) is 6.08 Å². The zero-order valence-corrected chi connectivity index (χ0v) is 10.4. The minimum absolute atomic E-state index is 0.0490. The summed E-state index contributed by atoms with van der Waals surface area (Å²) in [5, 5.41) is 19.3. The van der Waals surface area contributed by atoms with Crippen LogP contribution < -0.4 is 0 Å². The van der Waals surface area contributed by atoms with Gasteiger partial charge in [-0.15, -0.1) is 0 Å². The van der Waals surface area contributed by atoms with Crippen molar-refractivity contribution in [3.8, 4) is 0 Å². The summed E-state index contributed by atoms with van der Waals surface area (Å²) >= 11 is 0. The average Bonchev–Trinajstić information content (AvgIpc) is 2.46. The smallest absolute Gasteiger partial charge is 0.335 e. The Bertz CT molecular complexity index is 598. The molecule has 1 N–H and O–H groups in total. The van der Waals surface area contributed by atoms with Gasteiger partial charge in [-0.1, -0.05) is 24.3 Å². The number of nitrogens with zero attached hydrogens (tertiary/aromatic N) is 1. The maximum absolute atomic E-state index is 10.7. The second-order valence-corrected chi connectivity index (χ2v) is 4.11. The Morgan fingerprint density at radius 1 is 0.950 bits per heavy atom. The molecule has 0 spiro atoms. The molecule has 0 aliphatic carbocycles. The van der Waals surface area contributed by atoms with E-state index in [2.05, 4.69) is 0 Å². The molecule has 0 amide bonds. The summed E-state index contributed by atoms with van der Waals surface area (Å²) in [5.74, 6) is -0.962. The van der Waals surface area contributed by atoms with Crippen LogP contribution in [0.3, 0.4) is 0 Å². The Labute approximate surface area is 115 Å². The van der Waals surface area contributed by atoms with Crippen LogP contribution in [0.25, 0.3) is 12.2 Å². The van der Waals surface area contributed by atoms with Crippen LogP contribution in [0.4, 0.5) is 5.69 Å². The van der Waals surface area contributed by atoms with Crippen LogP contribution >= 0.6 is 0 Å². The maximum atomic E-state index is 10.7. The molecular formula is C15H11NO4. The lowest BCUT2D eigenvalue weighted by atomic mass is 10.1. The Kier molecular flexibility index (Phi) is 3.91. The fourth-order valence-corrected chi connectivity index (χ4v) is 1.64. The average molecular weight is 269 g/mol. The summed E-state index contributed by atoms with van der Waals surface area (Å²) in [4.78, 5) is 20.8. The Hall–Kier alpha value is -2.95. The summed E-state index contributed by atoms with van der Waals surface area (Å²) in [7, 11) is 0. The van der Waals surface area contributed by atoms with E-state index in [0.717, 1.165) is 11.1 Å². The van der Waals surface area contributed by atoms with Gasteiger partial charge in [-0.05, 0) is 35.4 Å². The van der Waals surface area contributed by atoms with Crippen molar-refractivity contribution < 1.29 is 14.8 Å². The van der Waals surface area contributed by atoms with E-state index >= 15 is 0 Å². The number of nitro benzene ring substituents is 1. The molecule has 0 unspecified atom stereocenters. The number of non-ortho nitro benzene ring substituents is 1. The van der Waals surface area contributed by atoms with Gasteiger partial charge in [-0.25, -0.2) is 4.79 Å². The van der Waals surface area contributed by atoms with Crippen molar-refractivity contribution >= 4 is 23.8 Å². The van der Waals surface area contributed by atoms with Gasteiger partial charge in [-0.3, -0.25) is 10.1 Å². The molecular weight excluding hydrogens is 258 g/mol. The summed E-state index contributed by atoms with van der Waals surface area (Å²) in [6.45, 7) is 0. The molecule has 2 aromatic rings. The Morgan fingerprint density at radius 2 is 1.40 bits per heavy atom. The summed E-state index contributed by atoms with van der Waals surface area (Å²) in [6, 6.07) is 12.6. The highest BCUT2D eigenvalue weighted by atomic mass is 16.6. The molecule has 0 aromatic heterocycles. The van der Waals surface area contributed by atoms with E-state index in [1.54, 1.807) is 30.3 Å². The normalized spacial score (nSPS) is 10.6. The van der Waals surface area contributed by atoms with E-state index in [1.165, 1.54) is 24.3 Å². The molecule has 0 saturated heterocycles. The highest BCUT2D eigenvalue weighted by Crippen LogP contribution is 2.14. The summed E-state index contributed by atoms with van der Waals surface area (Å²) in [5.41, 5.74) is 1.97. The SMILES string of the molecule is O=C(O)c1ccc(/C=C/c2ccc([N+](=O)[O-])cc2)cc1. The third kappa shape index (κ3) is 3.29. The van der Waals surface area contributed by atoms with Gasteiger partial charge in [0.15, 0.2) is 0 Å². The first kappa shape index (κ1) is 13.5.